The molecule has 0 amide bonds. The second-order valence-electron chi connectivity index (χ2n) is 6.32. The fraction of sp³-hybridized carbons (Fsp3) is 0.316. The highest BCUT2D eigenvalue weighted by molar-refractivity contribution is 6.30. The molecule has 0 radical (unpaired) electrons. The van der Waals surface area contributed by atoms with Gasteiger partial charge in [0.2, 0.25) is 0 Å². The van der Waals surface area contributed by atoms with E-state index in [0.717, 1.165) is 54.4 Å². The first-order valence-electron chi connectivity index (χ1n) is 8.19. The van der Waals surface area contributed by atoms with Crippen molar-refractivity contribution in [2.24, 2.45) is 0 Å². The third kappa shape index (κ3) is 3.26. The van der Waals surface area contributed by atoms with Gasteiger partial charge in [-0.05, 0) is 55.8 Å². The van der Waals surface area contributed by atoms with Gasteiger partial charge in [0.15, 0.2) is 0 Å². The molecule has 0 atom stereocenters. The van der Waals surface area contributed by atoms with E-state index in [1.807, 2.05) is 18.2 Å². The van der Waals surface area contributed by atoms with Gasteiger partial charge in [-0.3, -0.25) is 4.90 Å². The molecular formula is C19H20ClN3. The van der Waals surface area contributed by atoms with Crippen LogP contribution in [-0.4, -0.2) is 28.0 Å². The maximum atomic E-state index is 6.07. The van der Waals surface area contributed by atoms with Crippen LogP contribution in [0.1, 0.15) is 30.1 Å². The molecule has 0 unspecified atom stereocenters. The minimum Gasteiger partial charge on any atom is -0.342 e. The normalized spacial score (nSPS) is 16.9. The Balaban J connectivity index is 1.40. The molecule has 1 aliphatic heterocycles. The van der Waals surface area contributed by atoms with Gasteiger partial charge in [0.25, 0.3) is 0 Å². The largest absolute Gasteiger partial charge is 0.342 e. The van der Waals surface area contributed by atoms with Crippen molar-refractivity contribution in [3.05, 3.63) is 64.9 Å². The van der Waals surface area contributed by atoms with Crippen LogP contribution < -0.4 is 0 Å². The van der Waals surface area contributed by atoms with E-state index >= 15 is 0 Å². The number of nitrogens with one attached hydrogen (secondary N) is 1. The van der Waals surface area contributed by atoms with Crippen LogP contribution in [0.5, 0.6) is 0 Å². The Bertz CT molecular complexity index is 770. The highest BCUT2D eigenvalue weighted by Gasteiger charge is 2.23. The fourth-order valence-corrected chi connectivity index (χ4v) is 3.64. The summed E-state index contributed by atoms with van der Waals surface area (Å²) in [4.78, 5) is 10.8. The molecule has 3 nitrogen and oxygen atoms in total. The van der Waals surface area contributed by atoms with Gasteiger partial charge in [0.05, 0.1) is 11.0 Å². The van der Waals surface area contributed by atoms with Gasteiger partial charge in [0, 0.05) is 17.5 Å². The number of piperidine rings is 1. The Kier molecular flexibility index (Phi) is 4.06. The van der Waals surface area contributed by atoms with Crippen molar-refractivity contribution in [1.29, 1.82) is 0 Å². The van der Waals surface area contributed by atoms with Crippen molar-refractivity contribution >= 4 is 22.6 Å². The van der Waals surface area contributed by atoms with Gasteiger partial charge in [-0.15, -0.1) is 0 Å². The fourth-order valence-electron chi connectivity index (χ4n) is 3.42. The summed E-state index contributed by atoms with van der Waals surface area (Å²) < 4.78 is 0. The Labute approximate surface area is 141 Å². The number of rotatable bonds is 3. The van der Waals surface area contributed by atoms with Gasteiger partial charge >= 0.3 is 0 Å². The molecule has 2 heterocycles. The van der Waals surface area contributed by atoms with Crippen LogP contribution in [0.4, 0.5) is 0 Å². The summed E-state index contributed by atoms with van der Waals surface area (Å²) in [5.74, 6) is 1.69. The summed E-state index contributed by atoms with van der Waals surface area (Å²) in [6, 6.07) is 16.4. The Morgan fingerprint density at radius 3 is 2.70 bits per heavy atom. The van der Waals surface area contributed by atoms with Gasteiger partial charge in [-0.2, -0.15) is 0 Å². The van der Waals surface area contributed by atoms with Crippen molar-refractivity contribution < 1.29 is 0 Å². The highest BCUT2D eigenvalue weighted by atomic mass is 35.5. The predicted molar refractivity (Wildman–Crippen MR) is 94.8 cm³/mol. The lowest BCUT2D eigenvalue weighted by Gasteiger charge is -2.31. The van der Waals surface area contributed by atoms with Crippen LogP contribution in [0.3, 0.4) is 0 Å². The Hall–Kier alpha value is -1.84. The molecule has 0 spiro atoms. The zero-order valence-corrected chi connectivity index (χ0v) is 13.8. The molecule has 1 aromatic heterocycles. The summed E-state index contributed by atoms with van der Waals surface area (Å²) in [5, 5.41) is 0.819. The number of fused-ring (bicyclic) bond motifs is 1. The average Bonchev–Trinajstić information content (AvgIpc) is 2.99. The molecule has 4 heteroatoms. The molecule has 1 saturated heterocycles. The van der Waals surface area contributed by atoms with E-state index in [0.29, 0.717) is 5.92 Å². The van der Waals surface area contributed by atoms with E-state index < -0.39 is 0 Å². The van der Waals surface area contributed by atoms with Crippen LogP contribution in [0.15, 0.2) is 48.5 Å². The zero-order chi connectivity index (χ0) is 15.6. The Morgan fingerprint density at radius 2 is 1.91 bits per heavy atom. The summed E-state index contributed by atoms with van der Waals surface area (Å²) in [6.07, 6.45) is 2.31. The lowest BCUT2D eigenvalue weighted by atomic mass is 9.96. The molecule has 2 aromatic carbocycles. The first kappa shape index (κ1) is 14.7. The van der Waals surface area contributed by atoms with E-state index in [2.05, 4.69) is 40.2 Å². The minimum atomic E-state index is 0.540. The number of para-hydroxylation sites is 2. The number of likely N-dealkylation sites (tertiary alicyclic amines) is 1. The number of halogens is 1. The molecular weight excluding hydrogens is 306 g/mol. The van der Waals surface area contributed by atoms with Gasteiger partial charge in [-0.1, -0.05) is 35.9 Å². The number of aromatic amines is 1. The quantitative estimate of drug-likeness (QED) is 0.763. The number of H-pyrrole nitrogens is 1. The van der Waals surface area contributed by atoms with E-state index in [4.69, 9.17) is 16.6 Å². The second-order valence-corrected chi connectivity index (χ2v) is 6.76. The molecule has 1 N–H and O–H groups in total. The maximum absolute atomic E-state index is 6.07. The smallest absolute Gasteiger partial charge is 0.110 e. The van der Waals surface area contributed by atoms with Crippen LogP contribution >= 0.6 is 11.6 Å². The minimum absolute atomic E-state index is 0.540. The van der Waals surface area contributed by atoms with Crippen molar-refractivity contribution in [3.8, 4) is 0 Å². The number of aromatic nitrogens is 2. The number of benzene rings is 2. The molecule has 0 aliphatic carbocycles. The molecule has 0 saturated carbocycles. The lowest BCUT2D eigenvalue weighted by molar-refractivity contribution is 0.202. The topological polar surface area (TPSA) is 31.9 Å². The van der Waals surface area contributed by atoms with Crippen LogP contribution in [0.2, 0.25) is 5.02 Å². The second kappa shape index (κ2) is 6.34. The number of hydrogen-bond donors (Lipinski definition) is 1. The zero-order valence-electron chi connectivity index (χ0n) is 13.0. The number of hydrogen-bond acceptors (Lipinski definition) is 2. The van der Waals surface area contributed by atoms with E-state index in [9.17, 15) is 0 Å². The van der Waals surface area contributed by atoms with Crippen LogP contribution in [0.25, 0.3) is 11.0 Å². The summed E-state index contributed by atoms with van der Waals surface area (Å²) in [5.41, 5.74) is 3.51. The summed E-state index contributed by atoms with van der Waals surface area (Å²) in [6.45, 7) is 3.19. The summed E-state index contributed by atoms with van der Waals surface area (Å²) >= 11 is 6.07. The molecule has 3 aromatic rings. The SMILES string of the molecule is Clc1cccc(CN2CCC(c3nc4ccccc4[nH]3)CC2)c1. The highest BCUT2D eigenvalue weighted by Crippen LogP contribution is 2.28. The van der Waals surface area contributed by atoms with Gasteiger partial charge in [-0.25, -0.2) is 4.98 Å². The molecule has 1 fully saturated rings. The molecule has 23 heavy (non-hydrogen) atoms. The monoisotopic (exact) mass is 325 g/mol. The Morgan fingerprint density at radius 1 is 1.09 bits per heavy atom. The predicted octanol–water partition coefficient (Wildman–Crippen LogP) is 4.60. The van der Waals surface area contributed by atoms with Crippen molar-refractivity contribution in [2.75, 3.05) is 13.1 Å². The van der Waals surface area contributed by atoms with Crippen LogP contribution in [0, 0.1) is 0 Å². The van der Waals surface area contributed by atoms with E-state index in [1.54, 1.807) is 0 Å². The third-order valence-corrected chi connectivity index (χ3v) is 4.91. The number of imidazole rings is 1. The molecule has 0 bridgehead atoms. The first-order chi connectivity index (χ1) is 11.3. The first-order valence-corrected chi connectivity index (χ1v) is 8.57. The lowest BCUT2D eigenvalue weighted by Crippen LogP contribution is -2.32. The van der Waals surface area contributed by atoms with Crippen molar-refractivity contribution in [3.63, 3.8) is 0 Å². The van der Waals surface area contributed by atoms with Crippen LogP contribution in [-0.2, 0) is 6.54 Å². The van der Waals surface area contributed by atoms with E-state index in [-0.39, 0.29) is 0 Å². The van der Waals surface area contributed by atoms with Gasteiger partial charge < -0.3 is 4.98 Å². The van der Waals surface area contributed by atoms with Crippen molar-refractivity contribution in [1.82, 2.24) is 14.9 Å². The van der Waals surface area contributed by atoms with Crippen molar-refractivity contribution in [2.45, 2.75) is 25.3 Å². The standard InChI is InChI=1S/C19H20ClN3/c20-16-5-3-4-14(12-16)13-23-10-8-15(9-11-23)19-21-17-6-1-2-7-18(17)22-19/h1-7,12,15H,8-11,13H2,(H,21,22). The molecule has 1 aliphatic rings. The summed E-state index contributed by atoms with van der Waals surface area (Å²) in [7, 11) is 0. The number of nitrogens with zero attached hydrogens (tertiary/aromatic N) is 2. The molecule has 118 valence electrons. The maximum Gasteiger partial charge on any atom is 0.110 e. The van der Waals surface area contributed by atoms with E-state index in [1.165, 1.54) is 5.56 Å². The average molecular weight is 326 g/mol. The molecule has 4 rings (SSSR count). The third-order valence-electron chi connectivity index (χ3n) is 4.68. The van der Waals surface area contributed by atoms with Gasteiger partial charge in [0.1, 0.15) is 5.82 Å².